The van der Waals surface area contributed by atoms with Crippen LogP contribution in [0.25, 0.3) is 0 Å². The van der Waals surface area contributed by atoms with Crippen LogP contribution in [0.3, 0.4) is 0 Å². The average Bonchev–Trinajstić information content (AvgIpc) is 3.38. The number of hydrogen-bond donors (Lipinski definition) is 0. The lowest BCUT2D eigenvalue weighted by Crippen LogP contribution is -2.41. The second-order valence-corrected chi connectivity index (χ2v) is 8.15. The number of amides is 1. The lowest BCUT2D eigenvalue weighted by Gasteiger charge is -2.25. The lowest BCUT2D eigenvalue weighted by molar-refractivity contribution is 0.0505. The first-order valence-corrected chi connectivity index (χ1v) is 11.3. The van der Waals surface area contributed by atoms with Crippen LogP contribution in [-0.4, -0.2) is 59.5 Å². The Balaban J connectivity index is 1.93. The number of ketones is 1. The fraction of sp³-hybridized carbons (Fsp3) is 0.480. The molecule has 3 rings (SSSR count). The van der Waals surface area contributed by atoms with E-state index in [1.807, 2.05) is 6.92 Å². The number of hydrogen-bond acceptors (Lipinski definition) is 5. The van der Waals surface area contributed by atoms with E-state index in [1.54, 1.807) is 25.3 Å². The molecule has 1 aliphatic heterocycles. The monoisotopic (exact) mass is 458 g/mol. The molecule has 0 N–H and O–H groups in total. The minimum absolute atomic E-state index is 0.173. The molecule has 0 saturated carbocycles. The van der Waals surface area contributed by atoms with Gasteiger partial charge < -0.3 is 18.9 Å². The van der Waals surface area contributed by atoms with Crippen LogP contribution in [-0.2, 0) is 16.0 Å². The van der Waals surface area contributed by atoms with Crippen LogP contribution in [0, 0.1) is 19.7 Å². The van der Waals surface area contributed by atoms with Gasteiger partial charge in [-0.3, -0.25) is 9.59 Å². The molecule has 7 nitrogen and oxygen atoms in total. The molecule has 0 bridgehead atoms. The first-order valence-electron chi connectivity index (χ1n) is 11.3. The van der Waals surface area contributed by atoms with Crippen LogP contribution >= 0.6 is 0 Å². The topological polar surface area (TPSA) is 77.8 Å². The van der Waals surface area contributed by atoms with Crippen molar-refractivity contribution >= 4 is 17.7 Å². The summed E-state index contributed by atoms with van der Waals surface area (Å²) in [7, 11) is 0. The van der Waals surface area contributed by atoms with E-state index < -0.39 is 17.7 Å². The summed E-state index contributed by atoms with van der Waals surface area (Å²) >= 11 is 0. The van der Waals surface area contributed by atoms with Crippen molar-refractivity contribution in [2.75, 3.05) is 26.3 Å². The Morgan fingerprint density at radius 3 is 2.61 bits per heavy atom. The molecule has 1 aromatic heterocycles. The summed E-state index contributed by atoms with van der Waals surface area (Å²) < 4.78 is 26.4. The SMILES string of the molecule is CCOC(=O)c1c(C)c(C(=O)CN(C[C@@H]2CCCO2)C(=O)c2cccc(F)c2)c(C)n1CC. The van der Waals surface area contributed by atoms with Gasteiger partial charge in [-0.25, -0.2) is 9.18 Å². The maximum absolute atomic E-state index is 13.7. The van der Waals surface area contributed by atoms with Crippen LogP contribution < -0.4 is 0 Å². The van der Waals surface area contributed by atoms with Crippen molar-refractivity contribution in [2.24, 2.45) is 0 Å². The second kappa shape index (κ2) is 10.7. The van der Waals surface area contributed by atoms with Gasteiger partial charge in [-0.05, 0) is 64.3 Å². The minimum atomic E-state index is -0.518. The van der Waals surface area contributed by atoms with Gasteiger partial charge in [0.05, 0.1) is 19.3 Å². The zero-order valence-electron chi connectivity index (χ0n) is 19.7. The molecule has 33 heavy (non-hydrogen) atoms. The number of ether oxygens (including phenoxy) is 2. The van der Waals surface area contributed by atoms with Crippen LogP contribution in [0.1, 0.15) is 69.2 Å². The molecule has 1 fully saturated rings. The molecule has 2 aromatic rings. The van der Waals surface area contributed by atoms with Crippen molar-refractivity contribution in [1.82, 2.24) is 9.47 Å². The third kappa shape index (κ3) is 5.33. The standard InChI is InChI=1S/C25H31FN2O5/c1-5-28-17(4)22(16(3)23(28)25(31)32-6-2)21(29)15-27(14-20-11-8-12-33-20)24(30)18-9-7-10-19(26)13-18/h7,9-10,13,20H,5-6,8,11-12,14-15H2,1-4H3/t20-/m0/s1. The predicted octanol–water partition coefficient (Wildman–Crippen LogP) is 3.94. The molecule has 1 aliphatic rings. The number of nitrogens with zero attached hydrogens (tertiary/aromatic N) is 2. The maximum atomic E-state index is 13.7. The highest BCUT2D eigenvalue weighted by molar-refractivity contribution is 6.06. The van der Waals surface area contributed by atoms with E-state index >= 15 is 0 Å². The molecule has 0 radical (unpaired) electrons. The van der Waals surface area contributed by atoms with Gasteiger partial charge in [0.1, 0.15) is 11.5 Å². The van der Waals surface area contributed by atoms with E-state index in [-0.39, 0.29) is 37.1 Å². The van der Waals surface area contributed by atoms with Crippen LogP contribution in [0.2, 0.25) is 0 Å². The quantitative estimate of drug-likeness (QED) is 0.420. The van der Waals surface area contributed by atoms with Gasteiger partial charge in [-0.1, -0.05) is 6.07 Å². The minimum Gasteiger partial charge on any atom is -0.461 e. The molecule has 0 aliphatic carbocycles. The van der Waals surface area contributed by atoms with Gasteiger partial charge in [0.2, 0.25) is 0 Å². The smallest absolute Gasteiger partial charge is 0.355 e. The Bertz CT molecular complexity index is 1040. The lowest BCUT2D eigenvalue weighted by atomic mass is 10.0. The normalized spacial score (nSPS) is 15.5. The molecule has 8 heteroatoms. The summed E-state index contributed by atoms with van der Waals surface area (Å²) in [5.41, 5.74) is 2.12. The number of halogens is 1. The van der Waals surface area contributed by atoms with Gasteiger partial charge in [0, 0.05) is 36.5 Å². The van der Waals surface area contributed by atoms with Gasteiger partial charge in [0.15, 0.2) is 5.78 Å². The third-order valence-electron chi connectivity index (χ3n) is 5.97. The molecule has 178 valence electrons. The van der Waals surface area contributed by atoms with Crippen molar-refractivity contribution in [1.29, 1.82) is 0 Å². The highest BCUT2D eigenvalue weighted by Gasteiger charge is 2.30. The Hall–Kier alpha value is -3.00. The van der Waals surface area contributed by atoms with Crippen molar-refractivity contribution in [3.63, 3.8) is 0 Å². The molecule has 1 amide bonds. The van der Waals surface area contributed by atoms with Gasteiger partial charge in [-0.15, -0.1) is 0 Å². The maximum Gasteiger partial charge on any atom is 0.355 e. The Morgan fingerprint density at radius 2 is 2.00 bits per heavy atom. The summed E-state index contributed by atoms with van der Waals surface area (Å²) in [5.74, 6) is -1.72. The zero-order chi connectivity index (χ0) is 24.1. The summed E-state index contributed by atoms with van der Waals surface area (Å²) in [6.07, 6.45) is 1.51. The van der Waals surface area contributed by atoms with Crippen LogP contribution in [0.4, 0.5) is 4.39 Å². The van der Waals surface area contributed by atoms with Gasteiger partial charge in [-0.2, -0.15) is 0 Å². The van der Waals surface area contributed by atoms with Crippen molar-refractivity contribution in [3.05, 3.63) is 58.2 Å². The molecular weight excluding hydrogens is 427 g/mol. The molecule has 2 heterocycles. The fourth-order valence-electron chi connectivity index (χ4n) is 4.47. The summed E-state index contributed by atoms with van der Waals surface area (Å²) in [5, 5.41) is 0. The molecule has 1 aromatic carbocycles. The third-order valence-corrected chi connectivity index (χ3v) is 5.97. The number of benzene rings is 1. The number of carbonyl (C=O) groups is 3. The number of carbonyl (C=O) groups excluding carboxylic acids is 3. The van der Waals surface area contributed by atoms with Crippen molar-refractivity contribution in [3.8, 4) is 0 Å². The first kappa shape index (κ1) is 24.6. The van der Waals surface area contributed by atoms with Crippen LogP contribution in [0.5, 0.6) is 0 Å². The van der Waals surface area contributed by atoms with Gasteiger partial charge >= 0.3 is 5.97 Å². The Labute approximate surface area is 193 Å². The van der Waals surface area contributed by atoms with Crippen LogP contribution in [0.15, 0.2) is 24.3 Å². The Morgan fingerprint density at radius 1 is 1.24 bits per heavy atom. The van der Waals surface area contributed by atoms with Gasteiger partial charge in [0.25, 0.3) is 5.91 Å². The largest absolute Gasteiger partial charge is 0.461 e. The van der Waals surface area contributed by atoms with E-state index in [9.17, 15) is 18.8 Å². The molecule has 0 spiro atoms. The molecule has 1 saturated heterocycles. The number of esters is 1. The fourth-order valence-corrected chi connectivity index (χ4v) is 4.47. The second-order valence-electron chi connectivity index (χ2n) is 8.15. The summed E-state index contributed by atoms with van der Waals surface area (Å²) in [4.78, 5) is 40.6. The highest BCUT2D eigenvalue weighted by atomic mass is 19.1. The zero-order valence-corrected chi connectivity index (χ0v) is 19.7. The predicted molar refractivity (Wildman–Crippen MR) is 121 cm³/mol. The van der Waals surface area contributed by atoms with E-state index in [2.05, 4.69) is 0 Å². The molecular formula is C25H31FN2O5. The van der Waals surface area contributed by atoms with E-state index in [4.69, 9.17) is 9.47 Å². The summed E-state index contributed by atoms with van der Waals surface area (Å²) in [6.45, 7) is 8.49. The van der Waals surface area contributed by atoms with E-state index in [0.29, 0.717) is 35.7 Å². The summed E-state index contributed by atoms with van der Waals surface area (Å²) in [6, 6.07) is 5.43. The highest BCUT2D eigenvalue weighted by Crippen LogP contribution is 2.25. The van der Waals surface area contributed by atoms with E-state index in [1.165, 1.54) is 23.1 Å². The first-order chi connectivity index (χ1) is 15.8. The molecule has 1 atom stereocenters. The Kier molecular flexibility index (Phi) is 8.02. The number of Topliss-reactive ketones (excluding diaryl/α,β-unsaturated/α-hetero) is 1. The average molecular weight is 459 g/mol. The van der Waals surface area contributed by atoms with E-state index in [0.717, 1.165) is 18.9 Å². The number of aromatic nitrogens is 1. The molecule has 0 unspecified atom stereocenters. The number of rotatable bonds is 9. The van der Waals surface area contributed by atoms with Crippen molar-refractivity contribution in [2.45, 2.75) is 53.2 Å². The van der Waals surface area contributed by atoms with Crippen molar-refractivity contribution < 1.29 is 28.2 Å².